The molecule has 1 N–H and O–H groups in total. The van der Waals surface area contributed by atoms with Crippen LogP contribution in [0.1, 0.15) is 56.6 Å². The maximum Gasteiger partial charge on any atom is 0.254 e. The van der Waals surface area contributed by atoms with Crippen molar-refractivity contribution in [3.8, 4) is 5.69 Å². The molecule has 0 radical (unpaired) electrons. The van der Waals surface area contributed by atoms with Gasteiger partial charge in [0.05, 0.1) is 21.4 Å². The molecular formula is C26H29Cl2FN4O2. The topological polar surface area (TPSA) is 67.2 Å². The Morgan fingerprint density at radius 1 is 1.06 bits per heavy atom. The highest BCUT2D eigenvalue weighted by Gasteiger charge is 2.24. The molecule has 0 spiro atoms. The normalized spacial score (nSPS) is 11.4. The van der Waals surface area contributed by atoms with Crippen molar-refractivity contribution in [3.63, 3.8) is 0 Å². The number of halogens is 3. The molecule has 3 rings (SSSR count). The van der Waals surface area contributed by atoms with Crippen molar-refractivity contribution in [1.82, 2.24) is 14.7 Å². The number of aromatic nitrogens is 2. The van der Waals surface area contributed by atoms with Gasteiger partial charge in [0.25, 0.3) is 5.91 Å². The van der Waals surface area contributed by atoms with Gasteiger partial charge in [0.15, 0.2) is 0 Å². The average molecular weight is 519 g/mol. The molecular weight excluding hydrogens is 490 g/mol. The minimum absolute atomic E-state index is 0.159. The Balaban J connectivity index is 1.87. The summed E-state index contributed by atoms with van der Waals surface area (Å²) in [6, 6.07) is 12.2. The molecule has 3 aromatic rings. The Morgan fingerprint density at radius 3 is 2.34 bits per heavy atom. The van der Waals surface area contributed by atoms with E-state index in [0.717, 1.165) is 18.5 Å². The molecule has 6 nitrogen and oxygen atoms in total. The van der Waals surface area contributed by atoms with Crippen LogP contribution in [0.3, 0.4) is 0 Å². The smallest absolute Gasteiger partial charge is 0.254 e. The second-order valence-corrected chi connectivity index (χ2v) is 10.1. The molecule has 0 aliphatic rings. The summed E-state index contributed by atoms with van der Waals surface area (Å²) >= 11 is 12.3. The van der Waals surface area contributed by atoms with Gasteiger partial charge in [-0.2, -0.15) is 5.10 Å². The molecule has 0 aliphatic heterocycles. The van der Waals surface area contributed by atoms with Gasteiger partial charge >= 0.3 is 0 Å². The minimum Gasteiger partial charge on any atom is -0.329 e. The Morgan fingerprint density at radius 2 is 1.74 bits per heavy atom. The van der Waals surface area contributed by atoms with Crippen LogP contribution in [0.5, 0.6) is 0 Å². The summed E-state index contributed by atoms with van der Waals surface area (Å²) in [4.78, 5) is 27.6. The number of amides is 2. The third kappa shape index (κ3) is 6.83. The summed E-state index contributed by atoms with van der Waals surface area (Å²) < 4.78 is 14.9. The summed E-state index contributed by atoms with van der Waals surface area (Å²) in [6.45, 7) is 8.31. The molecule has 2 aromatic carbocycles. The van der Waals surface area contributed by atoms with Gasteiger partial charge in [0.2, 0.25) is 5.91 Å². The van der Waals surface area contributed by atoms with E-state index in [4.69, 9.17) is 23.2 Å². The van der Waals surface area contributed by atoms with Gasteiger partial charge in [-0.25, -0.2) is 9.07 Å². The third-order valence-electron chi connectivity index (χ3n) is 5.39. The summed E-state index contributed by atoms with van der Waals surface area (Å²) in [6.07, 6.45) is 1.59. The van der Waals surface area contributed by atoms with Crippen molar-refractivity contribution in [2.24, 2.45) is 0 Å². The molecule has 35 heavy (non-hydrogen) atoms. The lowest BCUT2D eigenvalue weighted by Gasteiger charge is -2.22. The van der Waals surface area contributed by atoms with Crippen molar-refractivity contribution < 1.29 is 14.0 Å². The Kier molecular flexibility index (Phi) is 8.56. The highest BCUT2D eigenvalue weighted by molar-refractivity contribution is 6.42. The summed E-state index contributed by atoms with van der Waals surface area (Å²) in [5.41, 5.74) is 1.46. The fourth-order valence-electron chi connectivity index (χ4n) is 3.38. The first-order valence-corrected chi connectivity index (χ1v) is 12.2. The molecule has 0 saturated heterocycles. The molecule has 0 fully saturated rings. The summed E-state index contributed by atoms with van der Waals surface area (Å²) in [7, 11) is 0. The van der Waals surface area contributed by atoms with Crippen LogP contribution in [0.4, 0.5) is 10.2 Å². The molecule has 0 unspecified atom stereocenters. The predicted octanol–water partition coefficient (Wildman–Crippen LogP) is 6.50. The number of hydrogen-bond acceptors (Lipinski definition) is 3. The number of hydrogen-bond donors (Lipinski definition) is 1. The number of rotatable bonds is 8. The number of nitrogens with one attached hydrogen (secondary N) is 1. The average Bonchev–Trinajstić information content (AvgIpc) is 3.22. The van der Waals surface area contributed by atoms with Gasteiger partial charge < -0.3 is 10.2 Å². The second-order valence-electron chi connectivity index (χ2n) is 9.31. The zero-order valence-corrected chi connectivity index (χ0v) is 21.8. The van der Waals surface area contributed by atoms with Gasteiger partial charge in [-0.1, -0.05) is 57.3 Å². The van der Waals surface area contributed by atoms with Gasteiger partial charge in [-0.05, 0) is 48.9 Å². The molecule has 2 amide bonds. The molecule has 9 heteroatoms. The largest absolute Gasteiger partial charge is 0.329 e. The number of unbranched alkanes of at least 4 members (excludes halogenated alkanes) is 1. The van der Waals surface area contributed by atoms with Gasteiger partial charge in [0.1, 0.15) is 18.2 Å². The van der Waals surface area contributed by atoms with Crippen LogP contribution in [-0.4, -0.2) is 39.6 Å². The van der Waals surface area contributed by atoms with Crippen LogP contribution in [-0.2, 0) is 10.2 Å². The standard InChI is InChI=1S/C26H29Cl2FN4O2/c1-5-6-13-32(25(35)17-7-9-18(29)10-8-17)16-24(34)30-23-15-22(26(2,3)4)31-33(23)19-11-12-20(27)21(28)14-19/h7-12,14-15H,5-6,13,16H2,1-4H3,(H,30,34). The lowest BCUT2D eigenvalue weighted by Crippen LogP contribution is -2.39. The first-order chi connectivity index (χ1) is 16.5. The monoisotopic (exact) mass is 518 g/mol. The van der Waals surface area contributed by atoms with Crippen LogP contribution >= 0.6 is 23.2 Å². The van der Waals surface area contributed by atoms with Crippen molar-refractivity contribution >= 4 is 40.8 Å². The zero-order valence-electron chi connectivity index (χ0n) is 20.2. The second kappa shape index (κ2) is 11.2. The van der Waals surface area contributed by atoms with Gasteiger partial charge in [-0.15, -0.1) is 0 Å². The Labute approximate surface area is 215 Å². The van der Waals surface area contributed by atoms with E-state index in [1.54, 1.807) is 28.9 Å². The highest BCUT2D eigenvalue weighted by atomic mass is 35.5. The van der Waals surface area contributed by atoms with E-state index in [-0.39, 0.29) is 23.8 Å². The number of carbonyl (C=O) groups excluding carboxylic acids is 2. The van der Waals surface area contributed by atoms with E-state index in [9.17, 15) is 14.0 Å². The van der Waals surface area contributed by atoms with E-state index in [2.05, 4.69) is 10.4 Å². The Bertz CT molecular complexity index is 1200. The Hall–Kier alpha value is -2.90. The number of nitrogens with zero attached hydrogens (tertiary/aromatic N) is 3. The molecule has 186 valence electrons. The predicted molar refractivity (Wildman–Crippen MR) is 138 cm³/mol. The molecule has 1 heterocycles. The van der Waals surface area contributed by atoms with Crippen LogP contribution in [0, 0.1) is 5.82 Å². The molecule has 0 saturated carbocycles. The van der Waals surface area contributed by atoms with Crippen LogP contribution in [0.25, 0.3) is 5.69 Å². The summed E-state index contributed by atoms with van der Waals surface area (Å²) in [5, 5.41) is 8.35. The lowest BCUT2D eigenvalue weighted by molar-refractivity contribution is -0.117. The van der Waals surface area contributed by atoms with Crippen molar-refractivity contribution in [3.05, 3.63) is 75.7 Å². The number of anilines is 1. The van der Waals surface area contributed by atoms with Crippen molar-refractivity contribution in [2.45, 2.75) is 46.0 Å². The van der Waals surface area contributed by atoms with Crippen LogP contribution < -0.4 is 5.32 Å². The van der Waals surface area contributed by atoms with Crippen molar-refractivity contribution in [1.29, 1.82) is 0 Å². The van der Waals surface area contributed by atoms with Gasteiger partial charge in [-0.3, -0.25) is 9.59 Å². The molecule has 0 aliphatic carbocycles. The van der Waals surface area contributed by atoms with Crippen LogP contribution in [0.2, 0.25) is 10.0 Å². The number of carbonyl (C=O) groups is 2. The number of benzene rings is 2. The molecule has 0 atom stereocenters. The minimum atomic E-state index is -0.426. The fraction of sp³-hybridized carbons (Fsp3) is 0.346. The van der Waals surface area contributed by atoms with E-state index in [1.807, 2.05) is 27.7 Å². The molecule has 0 bridgehead atoms. The lowest BCUT2D eigenvalue weighted by atomic mass is 9.92. The van der Waals surface area contributed by atoms with Crippen molar-refractivity contribution in [2.75, 3.05) is 18.4 Å². The maximum atomic E-state index is 13.3. The first kappa shape index (κ1) is 26.7. The summed E-state index contributed by atoms with van der Waals surface area (Å²) in [5.74, 6) is -0.687. The van der Waals surface area contributed by atoms with E-state index in [0.29, 0.717) is 33.7 Å². The van der Waals surface area contributed by atoms with E-state index >= 15 is 0 Å². The quantitative estimate of drug-likeness (QED) is 0.370. The zero-order chi connectivity index (χ0) is 25.8. The van der Waals surface area contributed by atoms with Crippen LogP contribution in [0.15, 0.2) is 48.5 Å². The van der Waals surface area contributed by atoms with Gasteiger partial charge in [0, 0.05) is 23.6 Å². The first-order valence-electron chi connectivity index (χ1n) is 11.4. The highest BCUT2D eigenvalue weighted by Crippen LogP contribution is 2.29. The third-order valence-corrected chi connectivity index (χ3v) is 6.13. The maximum absolute atomic E-state index is 13.3. The fourth-order valence-corrected chi connectivity index (χ4v) is 3.67. The molecule has 1 aromatic heterocycles. The SMILES string of the molecule is CCCCN(CC(=O)Nc1cc(C(C)(C)C)nn1-c1ccc(Cl)c(Cl)c1)C(=O)c1ccc(F)cc1. The van der Waals surface area contributed by atoms with E-state index in [1.165, 1.54) is 29.2 Å². The van der Waals surface area contributed by atoms with E-state index < -0.39 is 5.82 Å².